The van der Waals surface area contributed by atoms with Crippen LogP contribution in [0.1, 0.15) is 0 Å². The van der Waals surface area contributed by atoms with Gasteiger partial charge in [-0.05, 0) is 12.1 Å². The van der Waals surface area contributed by atoms with Crippen molar-refractivity contribution >= 4 is 17.5 Å². The maximum Gasteiger partial charge on any atom is 0.328 e. The molecule has 0 spiro atoms. The Labute approximate surface area is 123 Å². The number of benzene rings is 1. The minimum Gasteiger partial charge on any atom is -0.421 e. The molecule has 2 N–H and O–H groups in total. The Hall–Kier alpha value is -2.74. The second-order valence-electron chi connectivity index (χ2n) is 3.90. The molecular formula is C12H8ClFN6O. The Morgan fingerprint density at radius 2 is 2.10 bits per heavy atom. The highest BCUT2D eigenvalue weighted by Crippen LogP contribution is 2.27. The average molecular weight is 307 g/mol. The Balaban J connectivity index is 1.98. The van der Waals surface area contributed by atoms with Gasteiger partial charge in [0.15, 0.2) is 11.6 Å². The summed E-state index contributed by atoms with van der Waals surface area (Å²) in [5, 5.41) is -0.0654. The maximum absolute atomic E-state index is 13.8. The summed E-state index contributed by atoms with van der Waals surface area (Å²) in [7, 11) is 0. The van der Waals surface area contributed by atoms with E-state index in [2.05, 4.69) is 19.9 Å². The summed E-state index contributed by atoms with van der Waals surface area (Å²) in [6.07, 6.45) is 4.66. The number of anilines is 1. The lowest BCUT2D eigenvalue weighted by Crippen LogP contribution is -2.06. The number of hydrogen-bond donors (Lipinski definition) is 1. The van der Waals surface area contributed by atoms with Crippen LogP contribution in [0.25, 0.3) is 5.95 Å². The molecule has 1 aromatic carbocycles. The molecule has 0 saturated heterocycles. The molecule has 0 saturated carbocycles. The third-order valence-corrected chi connectivity index (χ3v) is 2.77. The molecule has 21 heavy (non-hydrogen) atoms. The van der Waals surface area contributed by atoms with E-state index in [0.29, 0.717) is 0 Å². The molecule has 0 amide bonds. The second kappa shape index (κ2) is 5.33. The lowest BCUT2D eigenvalue weighted by Gasteiger charge is -2.07. The van der Waals surface area contributed by atoms with Gasteiger partial charge in [-0.2, -0.15) is 15.0 Å². The first-order valence-electron chi connectivity index (χ1n) is 5.75. The normalized spacial score (nSPS) is 10.6. The van der Waals surface area contributed by atoms with Gasteiger partial charge in [0, 0.05) is 12.4 Å². The van der Waals surface area contributed by atoms with Crippen LogP contribution in [0.4, 0.5) is 10.3 Å². The van der Waals surface area contributed by atoms with E-state index in [-0.39, 0.29) is 28.7 Å². The van der Waals surface area contributed by atoms with Crippen molar-refractivity contribution < 1.29 is 9.13 Å². The van der Waals surface area contributed by atoms with Gasteiger partial charge in [0.25, 0.3) is 0 Å². The fourth-order valence-electron chi connectivity index (χ4n) is 1.56. The fraction of sp³-hybridized carbons (Fsp3) is 0. The van der Waals surface area contributed by atoms with Crippen molar-refractivity contribution in [2.75, 3.05) is 5.73 Å². The number of nitrogens with two attached hydrogens (primary N) is 1. The fourth-order valence-corrected chi connectivity index (χ4v) is 1.73. The minimum atomic E-state index is -0.706. The van der Waals surface area contributed by atoms with E-state index in [0.717, 1.165) is 0 Å². The number of imidazole rings is 1. The van der Waals surface area contributed by atoms with Crippen LogP contribution in [0.5, 0.6) is 11.8 Å². The summed E-state index contributed by atoms with van der Waals surface area (Å²) in [4.78, 5) is 15.6. The summed E-state index contributed by atoms with van der Waals surface area (Å²) in [5.74, 6) is -0.671. The molecule has 0 aliphatic rings. The number of ether oxygens (including phenoxy) is 1. The molecule has 3 aromatic rings. The number of rotatable bonds is 3. The lowest BCUT2D eigenvalue weighted by molar-refractivity contribution is 0.409. The largest absolute Gasteiger partial charge is 0.421 e. The molecule has 9 heteroatoms. The van der Waals surface area contributed by atoms with Crippen molar-refractivity contribution in [3.8, 4) is 17.7 Å². The van der Waals surface area contributed by atoms with Crippen molar-refractivity contribution in [3.05, 3.63) is 47.8 Å². The molecule has 0 aliphatic heterocycles. The summed E-state index contributed by atoms with van der Waals surface area (Å²) >= 11 is 5.68. The Morgan fingerprint density at radius 1 is 1.24 bits per heavy atom. The highest BCUT2D eigenvalue weighted by Gasteiger charge is 2.12. The first-order valence-corrected chi connectivity index (χ1v) is 6.13. The molecule has 2 aromatic heterocycles. The van der Waals surface area contributed by atoms with Crippen LogP contribution >= 0.6 is 11.6 Å². The molecule has 0 radical (unpaired) electrons. The zero-order chi connectivity index (χ0) is 14.8. The third-order valence-electron chi connectivity index (χ3n) is 2.47. The van der Waals surface area contributed by atoms with Crippen LogP contribution in [-0.4, -0.2) is 24.5 Å². The summed E-state index contributed by atoms with van der Waals surface area (Å²) in [6, 6.07) is 4.20. The van der Waals surface area contributed by atoms with Gasteiger partial charge in [0.1, 0.15) is 6.33 Å². The molecule has 106 valence electrons. The quantitative estimate of drug-likeness (QED) is 0.797. The number of halogens is 2. The van der Waals surface area contributed by atoms with E-state index >= 15 is 0 Å². The van der Waals surface area contributed by atoms with E-state index in [1.54, 1.807) is 18.5 Å². The first kappa shape index (κ1) is 13.3. The van der Waals surface area contributed by atoms with Crippen LogP contribution in [0.15, 0.2) is 36.9 Å². The van der Waals surface area contributed by atoms with Crippen LogP contribution < -0.4 is 10.5 Å². The number of nitrogens with zero attached hydrogens (tertiary/aromatic N) is 5. The molecule has 0 atom stereocenters. The molecule has 3 rings (SSSR count). The molecular weight excluding hydrogens is 299 g/mol. The second-order valence-corrected chi connectivity index (χ2v) is 4.31. The molecule has 2 heterocycles. The number of hydrogen-bond acceptors (Lipinski definition) is 6. The highest BCUT2D eigenvalue weighted by atomic mass is 35.5. The van der Waals surface area contributed by atoms with Crippen LogP contribution in [0, 0.1) is 5.82 Å². The van der Waals surface area contributed by atoms with Crippen molar-refractivity contribution in [1.29, 1.82) is 0 Å². The predicted octanol–water partition coefficient (Wildman–Crippen LogP) is 2.22. The summed E-state index contributed by atoms with van der Waals surface area (Å²) in [5.41, 5.74) is 5.59. The number of nitrogen functional groups attached to an aromatic ring is 1. The van der Waals surface area contributed by atoms with Gasteiger partial charge in [0.2, 0.25) is 11.9 Å². The van der Waals surface area contributed by atoms with Gasteiger partial charge in [-0.1, -0.05) is 17.7 Å². The van der Waals surface area contributed by atoms with Gasteiger partial charge < -0.3 is 10.5 Å². The molecule has 0 fully saturated rings. The average Bonchev–Trinajstić information content (AvgIpc) is 2.97. The molecule has 0 bridgehead atoms. The van der Waals surface area contributed by atoms with Crippen molar-refractivity contribution in [2.45, 2.75) is 0 Å². The van der Waals surface area contributed by atoms with Crippen LogP contribution in [-0.2, 0) is 0 Å². The van der Waals surface area contributed by atoms with E-state index in [1.807, 2.05) is 0 Å². The van der Waals surface area contributed by atoms with Gasteiger partial charge in [0.05, 0.1) is 5.02 Å². The first-order chi connectivity index (χ1) is 10.1. The smallest absolute Gasteiger partial charge is 0.328 e. The van der Waals surface area contributed by atoms with Crippen LogP contribution in [0.3, 0.4) is 0 Å². The standard InChI is InChI=1S/C12H8ClFN6O/c13-7-2-1-3-8(9(7)14)21-12-18-10(15)17-11(19-12)20-5-4-16-6-20/h1-6H,(H2,15,17,18,19). The maximum atomic E-state index is 13.8. The van der Waals surface area contributed by atoms with Gasteiger partial charge in [-0.25, -0.2) is 9.37 Å². The van der Waals surface area contributed by atoms with Crippen molar-refractivity contribution in [2.24, 2.45) is 0 Å². The summed E-state index contributed by atoms with van der Waals surface area (Å²) < 4.78 is 20.6. The number of aromatic nitrogens is 5. The lowest BCUT2D eigenvalue weighted by atomic mass is 10.3. The minimum absolute atomic E-state index is 0.0638. The molecule has 0 aliphatic carbocycles. The van der Waals surface area contributed by atoms with E-state index in [4.69, 9.17) is 22.1 Å². The Morgan fingerprint density at radius 3 is 2.86 bits per heavy atom. The van der Waals surface area contributed by atoms with Gasteiger partial charge in [-0.3, -0.25) is 4.57 Å². The van der Waals surface area contributed by atoms with E-state index in [1.165, 1.54) is 23.0 Å². The van der Waals surface area contributed by atoms with E-state index < -0.39 is 5.82 Å². The van der Waals surface area contributed by atoms with Gasteiger partial charge >= 0.3 is 6.01 Å². The monoisotopic (exact) mass is 306 g/mol. The third kappa shape index (κ3) is 2.75. The zero-order valence-electron chi connectivity index (χ0n) is 10.4. The molecule has 7 nitrogen and oxygen atoms in total. The van der Waals surface area contributed by atoms with Crippen molar-refractivity contribution in [1.82, 2.24) is 24.5 Å². The predicted molar refractivity (Wildman–Crippen MR) is 72.8 cm³/mol. The topological polar surface area (TPSA) is 91.7 Å². The molecule has 0 unspecified atom stereocenters. The summed E-state index contributed by atoms with van der Waals surface area (Å²) in [6.45, 7) is 0. The van der Waals surface area contributed by atoms with Crippen molar-refractivity contribution in [3.63, 3.8) is 0 Å². The zero-order valence-corrected chi connectivity index (χ0v) is 11.2. The van der Waals surface area contributed by atoms with Gasteiger partial charge in [-0.15, -0.1) is 0 Å². The SMILES string of the molecule is Nc1nc(Oc2cccc(Cl)c2F)nc(-n2ccnc2)n1. The Kier molecular flexibility index (Phi) is 3.36. The van der Waals surface area contributed by atoms with E-state index in [9.17, 15) is 4.39 Å². The Bertz CT molecular complexity index is 779. The van der Waals surface area contributed by atoms with Crippen LogP contribution in [0.2, 0.25) is 5.02 Å². The highest BCUT2D eigenvalue weighted by molar-refractivity contribution is 6.30.